The van der Waals surface area contributed by atoms with Crippen LogP contribution in [-0.4, -0.2) is 23.5 Å². The SMILES string of the molecule is COc1cc(Br)ccc1C(=O)NC1(C(N)=S)CCCCC1. The van der Waals surface area contributed by atoms with Crippen LogP contribution in [-0.2, 0) is 0 Å². The molecule has 0 heterocycles. The first-order chi connectivity index (χ1) is 9.98. The summed E-state index contributed by atoms with van der Waals surface area (Å²) < 4.78 is 6.13. The maximum absolute atomic E-state index is 12.6. The Labute approximate surface area is 138 Å². The number of amides is 1. The van der Waals surface area contributed by atoms with Crippen LogP contribution < -0.4 is 15.8 Å². The van der Waals surface area contributed by atoms with E-state index in [1.165, 1.54) is 0 Å². The lowest BCUT2D eigenvalue weighted by atomic mass is 9.81. The summed E-state index contributed by atoms with van der Waals surface area (Å²) in [5, 5.41) is 3.04. The summed E-state index contributed by atoms with van der Waals surface area (Å²) >= 11 is 8.57. The molecule has 1 aliphatic carbocycles. The van der Waals surface area contributed by atoms with Gasteiger partial charge in [-0.25, -0.2) is 0 Å². The van der Waals surface area contributed by atoms with Gasteiger partial charge in [0.15, 0.2) is 0 Å². The van der Waals surface area contributed by atoms with Crippen LogP contribution in [0.1, 0.15) is 42.5 Å². The molecule has 0 atom stereocenters. The maximum atomic E-state index is 12.6. The Morgan fingerprint density at radius 1 is 1.38 bits per heavy atom. The molecule has 0 aliphatic heterocycles. The van der Waals surface area contributed by atoms with Crippen molar-refractivity contribution in [1.82, 2.24) is 5.32 Å². The Morgan fingerprint density at radius 3 is 2.62 bits per heavy atom. The molecule has 21 heavy (non-hydrogen) atoms. The number of thiocarbonyl (C=S) groups is 1. The van der Waals surface area contributed by atoms with E-state index in [0.29, 0.717) is 16.3 Å². The molecule has 0 aromatic heterocycles. The Kier molecular flexibility index (Phi) is 5.22. The first-order valence-electron chi connectivity index (χ1n) is 6.94. The van der Waals surface area contributed by atoms with Crippen LogP contribution in [0.4, 0.5) is 0 Å². The molecule has 114 valence electrons. The normalized spacial score (nSPS) is 17.0. The fourth-order valence-electron chi connectivity index (χ4n) is 2.73. The lowest BCUT2D eigenvalue weighted by molar-refractivity contribution is 0.0905. The van der Waals surface area contributed by atoms with E-state index in [2.05, 4.69) is 21.2 Å². The highest BCUT2D eigenvalue weighted by molar-refractivity contribution is 9.10. The number of halogens is 1. The molecule has 0 bridgehead atoms. The van der Waals surface area contributed by atoms with Crippen LogP contribution in [0.5, 0.6) is 5.75 Å². The minimum Gasteiger partial charge on any atom is -0.496 e. The number of carbonyl (C=O) groups excluding carboxylic acids is 1. The molecular formula is C15H19BrN2O2S. The first kappa shape index (κ1) is 16.2. The van der Waals surface area contributed by atoms with Crippen molar-refractivity contribution in [2.24, 2.45) is 5.73 Å². The van der Waals surface area contributed by atoms with Crippen molar-refractivity contribution < 1.29 is 9.53 Å². The number of hydrogen-bond acceptors (Lipinski definition) is 3. The Bertz CT molecular complexity index is 557. The van der Waals surface area contributed by atoms with Gasteiger partial charge in [-0.3, -0.25) is 4.79 Å². The zero-order chi connectivity index (χ0) is 15.5. The number of benzene rings is 1. The Hall–Kier alpha value is -1.14. The summed E-state index contributed by atoms with van der Waals surface area (Å²) in [7, 11) is 1.54. The van der Waals surface area contributed by atoms with E-state index in [1.807, 2.05) is 6.07 Å². The molecule has 1 aromatic carbocycles. The number of nitrogens with one attached hydrogen (secondary N) is 1. The molecule has 1 saturated carbocycles. The van der Waals surface area contributed by atoms with Gasteiger partial charge in [-0.1, -0.05) is 47.4 Å². The third-order valence-corrected chi connectivity index (χ3v) is 4.82. The second-order valence-corrected chi connectivity index (χ2v) is 6.66. The van der Waals surface area contributed by atoms with Gasteiger partial charge >= 0.3 is 0 Å². The first-order valence-corrected chi connectivity index (χ1v) is 8.14. The van der Waals surface area contributed by atoms with Crippen molar-refractivity contribution >= 4 is 39.0 Å². The quantitative estimate of drug-likeness (QED) is 0.798. The van der Waals surface area contributed by atoms with E-state index in [0.717, 1.165) is 36.6 Å². The third kappa shape index (κ3) is 3.55. The molecule has 0 radical (unpaired) electrons. The monoisotopic (exact) mass is 370 g/mol. The van der Waals surface area contributed by atoms with Gasteiger partial charge < -0.3 is 15.8 Å². The molecule has 2 rings (SSSR count). The van der Waals surface area contributed by atoms with E-state index in [1.54, 1.807) is 19.2 Å². The smallest absolute Gasteiger partial charge is 0.255 e. The summed E-state index contributed by atoms with van der Waals surface area (Å²) in [5.74, 6) is 0.324. The fourth-order valence-corrected chi connectivity index (χ4v) is 3.32. The summed E-state index contributed by atoms with van der Waals surface area (Å²) in [4.78, 5) is 13.0. The molecule has 4 nitrogen and oxygen atoms in total. The molecule has 1 aromatic rings. The molecule has 0 saturated heterocycles. The zero-order valence-corrected chi connectivity index (χ0v) is 14.4. The maximum Gasteiger partial charge on any atom is 0.255 e. The van der Waals surface area contributed by atoms with Crippen molar-refractivity contribution in [1.29, 1.82) is 0 Å². The molecular weight excluding hydrogens is 352 g/mol. The van der Waals surface area contributed by atoms with E-state index < -0.39 is 5.54 Å². The molecule has 0 spiro atoms. The highest BCUT2D eigenvalue weighted by Gasteiger charge is 2.37. The van der Waals surface area contributed by atoms with Gasteiger partial charge in [-0.15, -0.1) is 0 Å². The number of ether oxygens (including phenoxy) is 1. The predicted molar refractivity (Wildman–Crippen MR) is 90.8 cm³/mol. The predicted octanol–water partition coefficient (Wildman–Crippen LogP) is 3.18. The average Bonchev–Trinajstić information content (AvgIpc) is 2.47. The van der Waals surface area contributed by atoms with Crippen molar-refractivity contribution in [2.45, 2.75) is 37.6 Å². The second kappa shape index (κ2) is 6.75. The second-order valence-electron chi connectivity index (χ2n) is 5.31. The van der Waals surface area contributed by atoms with Crippen LogP contribution >= 0.6 is 28.1 Å². The largest absolute Gasteiger partial charge is 0.496 e. The lowest BCUT2D eigenvalue weighted by Gasteiger charge is -2.37. The average molecular weight is 371 g/mol. The number of methoxy groups -OCH3 is 1. The molecule has 1 aliphatic rings. The summed E-state index contributed by atoms with van der Waals surface area (Å²) in [6.45, 7) is 0. The molecule has 1 amide bonds. The van der Waals surface area contributed by atoms with Crippen LogP contribution in [0.15, 0.2) is 22.7 Å². The van der Waals surface area contributed by atoms with E-state index in [-0.39, 0.29) is 5.91 Å². The summed E-state index contributed by atoms with van der Waals surface area (Å²) in [5.41, 5.74) is 5.82. The molecule has 1 fully saturated rings. The van der Waals surface area contributed by atoms with Gasteiger partial charge in [0.1, 0.15) is 5.75 Å². The highest BCUT2D eigenvalue weighted by Crippen LogP contribution is 2.30. The van der Waals surface area contributed by atoms with Crippen molar-refractivity contribution in [3.8, 4) is 5.75 Å². The van der Waals surface area contributed by atoms with Gasteiger partial charge in [0.05, 0.1) is 23.2 Å². The van der Waals surface area contributed by atoms with Gasteiger partial charge in [0.2, 0.25) is 0 Å². The fraction of sp³-hybridized carbons (Fsp3) is 0.467. The minimum absolute atomic E-state index is 0.200. The molecule has 6 heteroatoms. The van der Waals surface area contributed by atoms with Crippen LogP contribution in [0, 0.1) is 0 Å². The summed E-state index contributed by atoms with van der Waals surface area (Å²) in [6.07, 6.45) is 4.80. The Morgan fingerprint density at radius 2 is 2.05 bits per heavy atom. The number of carbonyl (C=O) groups is 1. The third-order valence-electron chi connectivity index (χ3n) is 3.94. The van der Waals surface area contributed by atoms with E-state index >= 15 is 0 Å². The van der Waals surface area contributed by atoms with Crippen molar-refractivity contribution in [3.63, 3.8) is 0 Å². The van der Waals surface area contributed by atoms with Gasteiger partial charge in [-0.2, -0.15) is 0 Å². The number of nitrogens with two attached hydrogens (primary N) is 1. The van der Waals surface area contributed by atoms with Crippen molar-refractivity contribution in [2.75, 3.05) is 7.11 Å². The zero-order valence-electron chi connectivity index (χ0n) is 11.9. The van der Waals surface area contributed by atoms with Crippen LogP contribution in [0.2, 0.25) is 0 Å². The van der Waals surface area contributed by atoms with Crippen LogP contribution in [0.25, 0.3) is 0 Å². The van der Waals surface area contributed by atoms with Crippen LogP contribution in [0.3, 0.4) is 0 Å². The Balaban J connectivity index is 2.25. The van der Waals surface area contributed by atoms with Gasteiger partial charge in [0.25, 0.3) is 5.91 Å². The van der Waals surface area contributed by atoms with E-state index in [4.69, 9.17) is 22.7 Å². The van der Waals surface area contributed by atoms with Gasteiger partial charge in [-0.05, 0) is 31.0 Å². The van der Waals surface area contributed by atoms with E-state index in [9.17, 15) is 4.79 Å². The topological polar surface area (TPSA) is 64.3 Å². The number of rotatable bonds is 4. The highest BCUT2D eigenvalue weighted by atomic mass is 79.9. The molecule has 3 N–H and O–H groups in total. The summed E-state index contributed by atoms with van der Waals surface area (Å²) in [6, 6.07) is 5.31. The van der Waals surface area contributed by atoms with Gasteiger partial charge in [0, 0.05) is 4.47 Å². The lowest BCUT2D eigenvalue weighted by Crippen LogP contribution is -2.57. The minimum atomic E-state index is -0.567. The standard InChI is InChI=1S/C15H19BrN2O2S/c1-20-12-9-10(16)5-6-11(12)13(19)18-15(14(17)21)7-3-2-4-8-15/h5-6,9H,2-4,7-8H2,1H3,(H2,17,21)(H,18,19). The van der Waals surface area contributed by atoms with Crippen molar-refractivity contribution in [3.05, 3.63) is 28.2 Å². The number of hydrogen-bond donors (Lipinski definition) is 2. The molecule has 0 unspecified atom stereocenters.